The molecule has 3 aromatic carbocycles. The number of aromatic hydroxyl groups is 1. The predicted octanol–water partition coefficient (Wildman–Crippen LogP) is 6.09. The van der Waals surface area contributed by atoms with Crippen molar-refractivity contribution in [1.82, 2.24) is 14.9 Å². The van der Waals surface area contributed by atoms with Crippen LogP contribution in [0.25, 0.3) is 22.5 Å². The summed E-state index contributed by atoms with van der Waals surface area (Å²) in [6, 6.07) is 22.6. The number of rotatable bonds is 3. The Morgan fingerprint density at radius 3 is 2.50 bits per heavy atom. The smallest absolute Gasteiger partial charge is 0.161 e. The maximum atomic E-state index is 11.5. The molecule has 5 nitrogen and oxygen atoms in total. The first-order valence-electron chi connectivity index (χ1n) is 13.3. The average molecular weight is 524 g/mol. The Balaban J connectivity index is 1.45. The largest absolute Gasteiger partial charge is 0.504 e. The van der Waals surface area contributed by atoms with Crippen LogP contribution in [0.5, 0.6) is 11.5 Å². The number of likely N-dealkylation sites (tertiary alicyclic amines) is 1. The maximum Gasteiger partial charge on any atom is 0.161 e. The van der Waals surface area contributed by atoms with Crippen molar-refractivity contribution in [3.63, 3.8) is 0 Å². The number of hydrogen-bond acceptors (Lipinski definition) is 5. The molecule has 2 heterocycles. The number of nitrogens with zero attached hydrogens (tertiary/aromatic N) is 3. The molecule has 0 radical (unpaired) electrons. The van der Waals surface area contributed by atoms with Crippen LogP contribution in [0.1, 0.15) is 28.9 Å². The Kier molecular flexibility index (Phi) is 5.50. The fourth-order valence-corrected chi connectivity index (χ4v) is 7.52. The second-order valence-corrected chi connectivity index (χ2v) is 11.4. The van der Waals surface area contributed by atoms with Gasteiger partial charge in [0, 0.05) is 39.6 Å². The van der Waals surface area contributed by atoms with E-state index < -0.39 is 0 Å². The number of piperidine rings is 1. The molecule has 0 unspecified atom stereocenters. The van der Waals surface area contributed by atoms with Gasteiger partial charge >= 0.3 is 0 Å². The molecule has 0 saturated carbocycles. The number of aromatic nitrogens is 2. The van der Waals surface area contributed by atoms with E-state index in [2.05, 4.69) is 36.2 Å². The lowest BCUT2D eigenvalue weighted by molar-refractivity contribution is 0.0210. The lowest BCUT2D eigenvalue weighted by Gasteiger charge is -2.58. The number of ether oxygens (including phenoxy) is 1. The van der Waals surface area contributed by atoms with Gasteiger partial charge in [0.15, 0.2) is 11.5 Å². The van der Waals surface area contributed by atoms with Gasteiger partial charge in [-0.05, 0) is 62.5 Å². The summed E-state index contributed by atoms with van der Waals surface area (Å²) in [5, 5.41) is 12.1. The van der Waals surface area contributed by atoms with Crippen LogP contribution in [0.2, 0.25) is 5.02 Å². The van der Waals surface area contributed by atoms with Crippen LogP contribution in [-0.4, -0.2) is 46.7 Å². The topological polar surface area (TPSA) is 58.5 Å². The molecule has 0 spiro atoms. The van der Waals surface area contributed by atoms with Gasteiger partial charge in [-0.1, -0.05) is 60.1 Å². The van der Waals surface area contributed by atoms with Crippen LogP contribution in [-0.2, 0) is 24.7 Å². The summed E-state index contributed by atoms with van der Waals surface area (Å²) >= 11 is 6.42. The summed E-state index contributed by atoms with van der Waals surface area (Å²) in [5.41, 5.74) is 7.93. The van der Waals surface area contributed by atoms with Gasteiger partial charge in [-0.15, -0.1) is 0 Å². The SMILES string of the molecule is COc1ccc2c(c1O)[C@@]13CCN(C)[C@@H](C2)[C@H]1Cc1nc(-c2ccccc2)c(-c2cccc(Cl)c2)nc1C3. The number of methoxy groups -OCH3 is 1. The first-order chi connectivity index (χ1) is 18.5. The van der Waals surface area contributed by atoms with E-state index in [0.717, 1.165) is 71.7 Å². The molecule has 2 aliphatic carbocycles. The maximum absolute atomic E-state index is 11.5. The molecule has 1 aromatic heterocycles. The molecule has 4 aromatic rings. The van der Waals surface area contributed by atoms with E-state index in [1.807, 2.05) is 42.5 Å². The van der Waals surface area contributed by atoms with Gasteiger partial charge in [-0.25, -0.2) is 9.97 Å². The van der Waals surface area contributed by atoms with Crippen molar-refractivity contribution < 1.29 is 9.84 Å². The van der Waals surface area contributed by atoms with Crippen molar-refractivity contribution in [3.8, 4) is 34.0 Å². The first kappa shape index (κ1) is 23.7. The highest BCUT2D eigenvalue weighted by molar-refractivity contribution is 6.30. The monoisotopic (exact) mass is 523 g/mol. The molecule has 3 aliphatic rings. The molecule has 3 atom stereocenters. The molecular weight excluding hydrogens is 494 g/mol. The van der Waals surface area contributed by atoms with Crippen LogP contribution in [0, 0.1) is 5.92 Å². The Morgan fingerprint density at radius 2 is 1.71 bits per heavy atom. The van der Waals surface area contributed by atoms with Crippen LogP contribution in [0.15, 0.2) is 66.7 Å². The summed E-state index contributed by atoms with van der Waals surface area (Å²) in [4.78, 5) is 13.2. The molecule has 1 saturated heterocycles. The van der Waals surface area contributed by atoms with Crippen molar-refractivity contribution in [2.45, 2.75) is 37.1 Å². The van der Waals surface area contributed by atoms with Crippen molar-refractivity contribution in [2.24, 2.45) is 5.92 Å². The van der Waals surface area contributed by atoms with Gasteiger partial charge in [0.05, 0.1) is 29.9 Å². The molecule has 1 N–H and O–H groups in total. The number of likely N-dealkylation sites (N-methyl/N-ethyl adjacent to an activating group) is 1. The molecule has 192 valence electrons. The third kappa shape index (κ3) is 3.49. The fraction of sp³-hybridized carbons (Fsp3) is 0.312. The zero-order valence-corrected chi connectivity index (χ0v) is 22.4. The Labute approximate surface area is 228 Å². The minimum Gasteiger partial charge on any atom is -0.504 e. The van der Waals surface area contributed by atoms with E-state index in [0.29, 0.717) is 28.5 Å². The zero-order valence-electron chi connectivity index (χ0n) is 21.6. The highest BCUT2D eigenvalue weighted by Crippen LogP contribution is 2.57. The van der Waals surface area contributed by atoms with Crippen LogP contribution in [0.4, 0.5) is 0 Å². The van der Waals surface area contributed by atoms with Crippen molar-refractivity contribution in [1.29, 1.82) is 0 Å². The lowest BCUT2D eigenvalue weighted by atomic mass is 9.52. The molecule has 7 rings (SSSR count). The molecule has 0 amide bonds. The summed E-state index contributed by atoms with van der Waals surface area (Å²) in [5.74, 6) is 1.18. The van der Waals surface area contributed by atoms with Crippen molar-refractivity contribution in [2.75, 3.05) is 20.7 Å². The third-order valence-electron chi connectivity index (χ3n) is 9.12. The van der Waals surface area contributed by atoms with E-state index >= 15 is 0 Å². The Hall–Kier alpha value is -3.41. The van der Waals surface area contributed by atoms with Crippen LogP contribution in [0.3, 0.4) is 0 Å². The van der Waals surface area contributed by atoms with E-state index in [1.165, 1.54) is 5.56 Å². The molecule has 38 heavy (non-hydrogen) atoms. The van der Waals surface area contributed by atoms with E-state index in [-0.39, 0.29) is 5.41 Å². The van der Waals surface area contributed by atoms with Gasteiger partial charge in [0.2, 0.25) is 0 Å². The van der Waals surface area contributed by atoms with Gasteiger partial charge in [0.1, 0.15) is 0 Å². The van der Waals surface area contributed by atoms with Crippen LogP contribution < -0.4 is 4.74 Å². The average Bonchev–Trinajstić information content (AvgIpc) is 2.93. The molecule has 6 heteroatoms. The van der Waals surface area contributed by atoms with Gasteiger partial charge in [-0.2, -0.15) is 0 Å². The standard InChI is InChI=1S/C32H30ClN3O2/c1-36-14-13-32-18-25-24(17-23(32)26(36)16-20-11-12-27(38-2)31(37)28(20)32)34-29(19-7-4-3-5-8-19)30(35-25)21-9-6-10-22(33)15-21/h3-12,15,23,26,37H,13-14,16-18H2,1-2H3/t23-,26+,32-/m1/s1. The fourth-order valence-electron chi connectivity index (χ4n) is 7.33. The minimum absolute atomic E-state index is 0.203. The van der Waals surface area contributed by atoms with Gasteiger partial charge < -0.3 is 14.7 Å². The zero-order chi connectivity index (χ0) is 26.0. The number of benzene rings is 3. The highest BCUT2D eigenvalue weighted by Gasteiger charge is 2.56. The summed E-state index contributed by atoms with van der Waals surface area (Å²) < 4.78 is 5.57. The second-order valence-electron chi connectivity index (χ2n) is 11.0. The predicted molar refractivity (Wildman–Crippen MR) is 150 cm³/mol. The van der Waals surface area contributed by atoms with Crippen LogP contribution >= 0.6 is 11.6 Å². The van der Waals surface area contributed by atoms with E-state index in [1.54, 1.807) is 7.11 Å². The summed E-state index contributed by atoms with van der Waals surface area (Å²) in [6.07, 6.45) is 3.47. The normalized spacial score (nSPS) is 23.8. The second kappa shape index (κ2) is 8.82. The number of hydrogen-bond donors (Lipinski definition) is 1. The van der Waals surface area contributed by atoms with E-state index in [4.69, 9.17) is 26.3 Å². The summed E-state index contributed by atoms with van der Waals surface area (Å²) in [6.45, 7) is 0.989. The number of phenols is 1. The van der Waals surface area contributed by atoms with Crippen molar-refractivity contribution >= 4 is 11.6 Å². The number of halogens is 1. The third-order valence-corrected chi connectivity index (χ3v) is 9.35. The molecule has 1 aliphatic heterocycles. The highest BCUT2D eigenvalue weighted by atomic mass is 35.5. The first-order valence-corrected chi connectivity index (χ1v) is 13.7. The summed E-state index contributed by atoms with van der Waals surface area (Å²) in [7, 11) is 3.86. The number of phenolic OH excluding ortho intramolecular Hbond substituents is 1. The quantitative estimate of drug-likeness (QED) is 0.352. The van der Waals surface area contributed by atoms with Gasteiger partial charge in [-0.3, -0.25) is 0 Å². The van der Waals surface area contributed by atoms with E-state index in [9.17, 15) is 5.11 Å². The minimum atomic E-state index is -0.203. The lowest BCUT2D eigenvalue weighted by Crippen LogP contribution is -2.61. The molecule has 1 fully saturated rings. The Morgan fingerprint density at radius 1 is 0.947 bits per heavy atom. The molecule has 2 bridgehead atoms. The van der Waals surface area contributed by atoms with Crippen molar-refractivity contribution in [3.05, 3.63) is 94.3 Å². The molecular formula is C32H30ClN3O2. The Bertz CT molecular complexity index is 1560. The number of fused-ring (bicyclic) bond motifs is 2. The van der Waals surface area contributed by atoms with Gasteiger partial charge in [0.25, 0.3) is 0 Å².